The SMILES string of the molecule is O=C(NCCS(=O)(=O)O)c1ccc(I)c(OC(=O)C2CC3CCC2C3)c1. The first kappa shape index (κ1) is 19.6. The van der Waals surface area contributed by atoms with Crippen molar-refractivity contribution in [3.05, 3.63) is 27.3 Å². The second-order valence-electron chi connectivity index (χ2n) is 6.89. The van der Waals surface area contributed by atoms with Crippen LogP contribution in [0.5, 0.6) is 5.75 Å². The minimum atomic E-state index is -4.13. The largest absolute Gasteiger partial charge is 0.425 e. The number of fused-ring (bicyclic) bond motifs is 2. The number of hydrogen-bond donors (Lipinski definition) is 2. The molecule has 3 unspecified atom stereocenters. The van der Waals surface area contributed by atoms with Gasteiger partial charge in [0.15, 0.2) is 0 Å². The van der Waals surface area contributed by atoms with Crippen molar-refractivity contribution in [2.24, 2.45) is 17.8 Å². The Morgan fingerprint density at radius 3 is 2.65 bits per heavy atom. The molecular formula is C17H20INO6S. The molecule has 0 aromatic heterocycles. The van der Waals surface area contributed by atoms with Crippen molar-refractivity contribution in [1.82, 2.24) is 5.32 Å². The molecule has 2 fully saturated rings. The number of carbonyl (C=O) groups excluding carboxylic acids is 2. The smallest absolute Gasteiger partial charge is 0.314 e. The Kier molecular flexibility index (Phi) is 5.88. The fraction of sp³-hybridized carbons (Fsp3) is 0.529. The minimum absolute atomic E-state index is 0.0585. The van der Waals surface area contributed by atoms with Gasteiger partial charge < -0.3 is 10.1 Å². The van der Waals surface area contributed by atoms with Gasteiger partial charge in [0.25, 0.3) is 16.0 Å². The van der Waals surface area contributed by atoms with Crippen LogP contribution in [0.15, 0.2) is 18.2 Å². The zero-order valence-electron chi connectivity index (χ0n) is 14.0. The van der Waals surface area contributed by atoms with Gasteiger partial charge in [-0.25, -0.2) is 0 Å². The van der Waals surface area contributed by atoms with Crippen LogP contribution in [0.25, 0.3) is 0 Å². The molecule has 2 aliphatic rings. The van der Waals surface area contributed by atoms with Crippen molar-refractivity contribution in [3.63, 3.8) is 0 Å². The topological polar surface area (TPSA) is 110 Å². The minimum Gasteiger partial charge on any atom is -0.425 e. The molecule has 0 saturated heterocycles. The van der Waals surface area contributed by atoms with Crippen LogP contribution >= 0.6 is 22.6 Å². The van der Waals surface area contributed by atoms with Crippen LogP contribution in [0, 0.1) is 21.3 Å². The monoisotopic (exact) mass is 493 g/mol. The van der Waals surface area contributed by atoms with Gasteiger partial charge in [0.2, 0.25) is 0 Å². The number of halogens is 1. The lowest BCUT2D eigenvalue weighted by Crippen LogP contribution is -2.29. The van der Waals surface area contributed by atoms with Crippen LogP contribution in [0.3, 0.4) is 0 Å². The molecule has 2 saturated carbocycles. The van der Waals surface area contributed by atoms with E-state index in [-0.39, 0.29) is 24.0 Å². The van der Waals surface area contributed by atoms with Gasteiger partial charge >= 0.3 is 5.97 Å². The average molecular weight is 493 g/mol. The lowest BCUT2D eigenvalue weighted by atomic mass is 9.89. The van der Waals surface area contributed by atoms with E-state index in [0.717, 1.165) is 19.3 Å². The molecule has 0 radical (unpaired) electrons. The second-order valence-corrected chi connectivity index (χ2v) is 9.62. The van der Waals surface area contributed by atoms with Crippen LogP contribution in [0.4, 0.5) is 0 Å². The highest BCUT2D eigenvalue weighted by Crippen LogP contribution is 2.48. The molecule has 0 heterocycles. The molecule has 2 bridgehead atoms. The van der Waals surface area contributed by atoms with E-state index < -0.39 is 21.8 Å². The Balaban J connectivity index is 1.63. The number of rotatable bonds is 6. The van der Waals surface area contributed by atoms with Gasteiger partial charge in [-0.3, -0.25) is 14.1 Å². The van der Waals surface area contributed by atoms with Crippen LogP contribution < -0.4 is 10.1 Å². The number of ether oxygens (including phenoxy) is 1. The van der Waals surface area contributed by atoms with Crippen molar-refractivity contribution in [2.45, 2.75) is 25.7 Å². The van der Waals surface area contributed by atoms with E-state index in [2.05, 4.69) is 5.32 Å². The van der Waals surface area contributed by atoms with Crippen LogP contribution in [0.2, 0.25) is 0 Å². The van der Waals surface area contributed by atoms with Crippen LogP contribution in [-0.4, -0.2) is 37.1 Å². The lowest BCUT2D eigenvalue weighted by Gasteiger charge is -2.20. The summed E-state index contributed by atoms with van der Waals surface area (Å²) in [5.41, 5.74) is 0.261. The van der Waals surface area contributed by atoms with Crippen molar-refractivity contribution >= 4 is 44.6 Å². The summed E-state index contributed by atoms with van der Waals surface area (Å²) < 4.78 is 36.4. The molecular weight excluding hydrogens is 473 g/mol. The van der Waals surface area contributed by atoms with Gasteiger partial charge in [0.05, 0.1) is 15.2 Å². The molecule has 2 aliphatic carbocycles. The Hall–Kier alpha value is -1.20. The van der Waals surface area contributed by atoms with E-state index in [9.17, 15) is 18.0 Å². The van der Waals surface area contributed by atoms with Crippen molar-refractivity contribution < 1.29 is 27.3 Å². The first-order valence-corrected chi connectivity index (χ1v) is 11.2. The third kappa shape index (κ3) is 4.74. The average Bonchev–Trinajstić information content (AvgIpc) is 3.18. The molecule has 142 valence electrons. The second kappa shape index (κ2) is 7.81. The number of amides is 1. The van der Waals surface area contributed by atoms with Crippen molar-refractivity contribution in [3.8, 4) is 5.75 Å². The third-order valence-corrected chi connectivity index (χ3v) is 6.70. The number of esters is 1. The molecule has 3 atom stereocenters. The summed E-state index contributed by atoms with van der Waals surface area (Å²) in [6.45, 7) is -0.204. The molecule has 26 heavy (non-hydrogen) atoms. The molecule has 0 aliphatic heterocycles. The molecule has 1 aromatic carbocycles. The number of hydrogen-bond acceptors (Lipinski definition) is 5. The normalized spacial score (nSPS) is 24.5. The number of nitrogens with one attached hydrogen (secondary N) is 1. The van der Waals surface area contributed by atoms with Crippen molar-refractivity contribution in [2.75, 3.05) is 12.3 Å². The zero-order chi connectivity index (χ0) is 18.9. The molecule has 3 rings (SSSR count). The van der Waals surface area contributed by atoms with Gasteiger partial charge in [-0.2, -0.15) is 8.42 Å². The highest BCUT2D eigenvalue weighted by molar-refractivity contribution is 14.1. The highest BCUT2D eigenvalue weighted by Gasteiger charge is 2.44. The quantitative estimate of drug-likeness (QED) is 0.272. The van der Waals surface area contributed by atoms with E-state index >= 15 is 0 Å². The maximum atomic E-state index is 12.5. The van der Waals surface area contributed by atoms with E-state index in [1.54, 1.807) is 12.1 Å². The predicted molar refractivity (Wildman–Crippen MR) is 102 cm³/mol. The summed E-state index contributed by atoms with van der Waals surface area (Å²) in [5, 5.41) is 2.41. The van der Waals surface area contributed by atoms with Gasteiger partial charge in [0, 0.05) is 12.1 Å². The predicted octanol–water partition coefficient (Wildman–Crippen LogP) is 2.25. The number of carbonyl (C=O) groups is 2. The van der Waals surface area contributed by atoms with Gasteiger partial charge in [-0.1, -0.05) is 6.42 Å². The fourth-order valence-electron chi connectivity index (χ4n) is 3.84. The molecule has 7 nitrogen and oxygen atoms in total. The van der Waals surface area contributed by atoms with E-state index in [4.69, 9.17) is 9.29 Å². The van der Waals surface area contributed by atoms with Gasteiger partial charge in [0.1, 0.15) is 5.75 Å². The third-order valence-electron chi connectivity index (χ3n) is 5.09. The van der Waals surface area contributed by atoms with E-state index in [0.29, 0.717) is 21.2 Å². The molecule has 2 N–H and O–H groups in total. The molecule has 1 aromatic rings. The summed E-state index contributed by atoms with van der Waals surface area (Å²) in [6.07, 6.45) is 4.27. The van der Waals surface area contributed by atoms with Gasteiger partial charge in [-0.05, 0) is 71.9 Å². The molecule has 1 amide bonds. The lowest BCUT2D eigenvalue weighted by molar-refractivity contribution is -0.140. The summed E-state index contributed by atoms with van der Waals surface area (Å²) in [7, 11) is -4.13. The number of benzene rings is 1. The van der Waals surface area contributed by atoms with E-state index in [1.165, 1.54) is 12.5 Å². The summed E-state index contributed by atoms with van der Waals surface area (Å²) in [6, 6.07) is 4.72. The van der Waals surface area contributed by atoms with Crippen LogP contribution in [-0.2, 0) is 14.9 Å². The first-order valence-electron chi connectivity index (χ1n) is 8.47. The van der Waals surface area contributed by atoms with Gasteiger partial charge in [-0.15, -0.1) is 0 Å². The standard InChI is InChI=1S/C17H20INO6S/c18-14-4-3-12(16(20)19-5-6-26(22,23)24)9-15(14)25-17(21)13-8-10-1-2-11(13)7-10/h3-4,9-11,13H,1-2,5-8H2,(H,19,20)(H,22,23,24). The first-order chi connectivity index (χ1) is 12.2. The zero-order valence-corrected chi connectivity index (χ0v) is 17.0. The summed E-state index contributed by atoms with van der Waals surface area (Å²) in [5.74, 6) is 0.0300. The highest BCUT2D eigenvalue weighted by atomic mass is 127. The van der Waals surface area contributed by atoms with Crippen molar-refractivity contribution in [1.29, 1.82) is 0 Å². The maximum absolute atomic E-state index is 12.5. The Morgan fingerprint density at radius 2 is 2.04 bits per heavy atom. The van der Waals surface area contributed by atoms with E-state index in [1.807, 2.05) is 22.6 Å². The molecule has 0 spiro atoms. The Bertz CT molecular complexity index is 825. The Morgan fingerprint density at radius 1 is 1.27 bits per heavy atom. The summed E-state index contributed by atoms with van der Waals surface area (Å²) >= 11 is 2.04. The molecule has 9 heteroatoms. The fourth-order valence-corrected chi connectivity index (χ4v) is 4.64. The van der Waals surface area contributed by atoms with Crippen LogP contribution in [0.1, 0.15) is 36.0 Å². The maximum Gasteiger partial charge on any atom is 0.314 e. The summed E-state index contributed by atoms with van der Waals surface area (Å²) in [4.78, 5) is 24.6. The Labute approximate surface area is 165 Å².